The average molecular weight is 202 g/mol. The largest absolute Gasteiger partial charge is 0.508 e. The maximum absolute atomic E-state index is 9.78. The fourth-order valence-corrected chi connectivity index (χ4v) is 3.23. The molecule has 0 radical (unpaired) electrons. The fraction of sp³-hybridized carbons (Fsp3) is 0.167. The first-order valence-electron chi connectivity index (χ1n) is 4.65. The maximum atomic E-state index is 9.78. The minimum absolute atomic E-state index is 0.0279. The molecule has 0 aromatic heterocycles. The number of hydrogen-bond acceptors (Lipinski definition) is 2. The van der Waals surface area contributed by atoms with Gasteiger partial charge >= 0.3 is 0 Å². The van der Waals surface area contributed by atoms with Gasteiger partial charge in [0.2, 0.25) is 0 Å². The molecule has 1 aromatic rings. The van der Waals surface area contributed by atoms with Crippen LogP contribution in [0.25, 0.3) is 0 Å². The third kappa shape index (κ3) is 0.976. The maximum Gasteiger partial charge on any atom is 0.120 e. The minimum Gasteiger partial charge on any atom is -0.508 e. The Hall–Kier alpha value is -1.15. The highest BCUT2D eigenvalue weighted by atomic mass is 32.2. The normalized spacial score (nSPS) is 32.7. The Morgan fingerprint density at radius 3 is 2.86 bits per heavy atom. The Morgan fingerprint density at radius 2 is 2.07 bits per heavy atom. The van der Waals surface area contributed by atoms with Crippen molar-refractivity contribution in [2.24, 2.45) is 0 Å². The number of allylic oxidation sites excluding steroid dienone is 2. The van der Waals surface area contributed by atoms with Gasteiger partial charge in [0.15, 0.2) is 0 Å². The van der Waals surface area contributed by atoms with Gasteiger partial charge in [-0.05, 0) is 6.07 Å². The molecule has 1 heterocycles. The molecule has 1 nitrogen and oxygen atoms in total. The molecular formula is C12H10OS. The fourth-order valence-electron chi connectivity index (χ4n) is 1.97. The molecule has 1 aliphatic carbocycles. The van der Waals surface area contributed by atoms with E-state index in [-0.39, 0.29) is 4.75 Å². The number of para-hydroxylation sites is 1. The van der Waals surface area contributed by atoms with E-state index in [1.165, 1.54) is 0 Å². The van der Waals surface area contributed by atoms with E-state index in [4.69, 9.17) is 0 Å². The number of fused-ring (bicyclic) bond motifs is 1. The SMILES string of the molecule is Oc1ccccc1C12C=CC=CC1S2. The van der Waals surface area contributed by atoms with Crippen LogP contribution >= 0.6 is 11.8 Å². The number of phenols is 1. The first kappa shape index (κ1) is 8.18. The quantitative estimate of drug-likeness (QED) is 0.707. The van der Waals surface area contributed by atoms with Gasteiger partial charge in [-0.15, -0.1) is 11.8 Å². The Kier molecular flexibility index (Phi) is 1.56. The molecule has 0 amide bonds. The van der Waals surface area contributed by atoms with Gasteiger partial charge in [-0.3, -0.25) is 0 Å². The first-order valence-corrected chi connectivity index (χ1v) is 5.53. The summed E-state index contributed by atoms with van der Waals surface area (Å²) in [5, 5.41) is 10.3. The predicted molar refractivity (Wildman–Crippen MR) is 59.4 cm³/mol. The number of rotatable bonds is 1. The Balaban J connectivity index is 2.09. The molecule has 70 valence electrons. The molecule has 2 aliphatic rings. The Morgan fingerprint density at radius 1 is 1.21 bits per heavy atom. The number of thioether (sulfide) groups is 1. The van der Waals surface area contributed by atoms with E-state index in [0.29, 0.717) is 11.0 Å². The number of phenolic OH excluding ortho intramolecular Hbond substituents is 1. The van der Waals surface area contributed by atoms with Crippen LogP contribution in [0.3, 0.4) is 0 Å². The van der Waals surface area contributed by atoms with E-state index in [0.717, 1.165) is 5.56 Å². The molecule has 2 atom stereocenters. The topological polar surface area (TPSA) is 20.2 Å². The van der Waals surface area contributed by atoms with E-state index >= 15 is 0 Å². The van der Waals surface area contributed by atoms with Crippen LogP contribution in [0.1, 0.15) is 5.56 Å². The van der Waals surface area contributed by atoms with Crippen molar-refractivity contribution in [2.45, 2.75) is 10.00 Å². The molecule has 1 aromatic carbocycles. The summed E-state index contributed by atoms with van der Waals surface area (Å²) < 4.78 is 0.0279. The van der Waals surface area contributed by atoms with Gasteiger partial charge in [0.1, 0.15) is 5.75 Å². The van der Waals surface area contributed by atoms with Crippen LogP contribution < -0.4 is 0 Å². The third-order valence-electron chi connectivity index (χ3n) is 2.75. The van der Waals surface area contributed by atoms with E-state index < -0.39 is 0 Å². The zero-order chi connectivity index (χ0) is 9.60. The number of aromatic hydroxyl groups is 1. The average Bonchev–Trinajstić information content (AvgIpc) is 2.93. The lowest BCUT2D eigenvalue weighted by molar-refractivity contribution is 0.466. The summed E-state index contributed by atoms with van der Waals surface area (Å²) in [5.74, 6) is 0.405. The minimum atomic E-state index is 0.0279. The molecule has 14 heavy (non-hydrogen) atoms. The van der Waals surface area contributed by atoms with Gasteiger partial charge in [0, 0.05) is 10.8 Å². The molecule has 1 fully saturated rings. The van der Waals surface area contributed by atoms with Gasteiger partial charge in [-0.25, -0.2) is 0 Å². The zero-order valence-corrected chi connectivity index (χ0v) is 8.37. The second-order valence-electron chi connectivity index (χ2n) is 3.59. The van der Waals surface area contributed by atoms with Crippen molar-refractivity contribution < 1.29 is 5.11 Å². The van der Waals surface area contributed by atoms with Crippen LogP contribution in [0.2, 0.25) is 0 Å². The molecule has 1 saturated heterocycles. The molecule has 1 N–H and O–H groups in total. The van der Waals surface area contributed by atoms with Gasteiger partial charge in [0.25, 0.3) is 0 Å². The molecule has 3 rings (SSSR count). The summed E-state index contributed by atoms with van der Waals surface area (Å²) in [5.41, 5.74) is 1.04. The van der Waals surface area contributed by atoms with Crippen molar-refractivity contribution in [3.8, 4) is 5.75 Å². The van der Waals surface area contributed by atoms with Crippen LogP contribution in [0.5, 0.6) is 5.75 Å². The van der Waals surface area contributed by atoms with Crippen LogP contribution in [-0.4, -0.2) is 10.4 Å². The second kappa shape index (κ2) is 2.67. The van der Waals surface area contributed by atoms with Gasteiger partial charge in [-0.1, -0.05) is 42.5 Å². The van der Waals surface area contributed by atoms with Gasteiger partial charge in [0.05, 0.1) is 4.75 Å². The standard InChI is InChI=1S/C12H10OS/c13-10-6-2-1-5-9(10)12-8-4-3-7-11(12)14-12/h1-8,11,13H. The van der Waals surface area contributed by atoms with E-state index in [1.54, 1.807) is 6.07 Å². The van der Waals surface area contributed by atoms with Gasteiger partial charge in [-0.2, -0.15) is 0 Å². The van der Waals surface area contributed by atoms with Crippen molar-refractivity contribution in [3.63, 3.8) is 0 Å². The highest BCUT2D eigenvalue weighted by molar-refractivity contribution is 8.08. The van der Waals surface area contributed by atoms with Crippen molar-refractivity contribution in [3.05, 3.63) is 54.1 Å². The highest BCUT2D eigenvalue weighted by Crippen LogP contribution is 2.65. The van der Waals surface area contributed by atoms with Crippen LogP contribution in [0, 0.1) is 0 Å². The molecule has 2 heteroatoms. The summed E-state index contributed by atoms with van der Waals surface area (Å²) in [6.07, 6.45) is 8.50. The summed E-state index contributed by atoms with van der Waals surface area (Å²) in [6, 6.07) is 7.60. The second-order valence-corrected chi connectivity index (χ2v) is 5.01. The molecule has 0 bridgehead atoms. The van der Waals surface area contributed by atoms with Crippen LogP contribution in [0.4, 0.5) is 0 Å². The smallest absolute Gasteiger partial charge is 0.120 e. The summed E-state index contributed by atoms with van der Waals surface area (Å²) in [7, 11) is 0. The van der Waals surface area contributed by atoms with E-state index in [2.05, 4.69) is 24.3 Å². The van der Waals surface area contributed by atoms with Gasteiger partial charge < -0.3 is 5.11 Å². The monoisotopic (exact) mass is 202 g/mol. The number of benzene rings is 1. The van der Waals surface area contributed by atoms with Crippen LogP contribution in [-0.2, 0) is 4.75 Å². The summed E-state index contributed by atoms with van der Waals surface area (Å²) in [6.45, 7) is 0. The van der Waals surface area contributed by atoms with Crippen molar-refractivity contribution in [2.75, 3.05) is 0 Å². The molecular weight excluding hydrogens is 192 g/mol. The summed E-state index contributed by atoms with van der Waals surface area (Å²) >= 11 is 1.88. The lowest BCUT2D eigenvalue weighted by Crippen LogP contribution is -2.09. The Bertz CT molecular complexity index is 436. The highest BCUT2D eigenvalue weighted by Gasteiger charge is 2.55. The van der Waals surface area contributed by atoms with Crippen molar-refractivity contribution in [1.82, 2.24) is 0 Å². The predicted octanol–water partition coefficient (Wildman–Crippen LogP) is 2.83. The van der Waals surface area contributed by atoms with Crippen LogP contribution in [0.15, 0.2) is 48.6 Å². The van der Waals surface area contributed by atoms with Crippen molar-refractivity contribution >= 4 is 11.8 Å². The molecule has 2 unspecified atom stereocenters. The Labute approximate surface area is 87.1 Å². The van der Waals surface area contributed by atoms with E-state index in [9.17, 15) is 5.11 Å². The van der Waals surface area contributed by atoms with E-state index in [1.807, 2.05) is 30.0 Å². The zero-order valence-electron chi connectivity index (χ0n) is 7.55. The summed E-state index contributed by atoms with van der Waals surface area (Å²) in [4.78, 5) is 0. The first-order chi connectivity index (χ1) is 6.83. The lowest BCUT2D eigenvalue weighted by Gasteiger charge is -2.13. The molecule has 0 saturated carbocycles. The lowest BCUT2D eigenvalue weighted by atomic mass is 9.92. The van der Waals surface area contributed by atoms with Crippen molar-refractivity contribution in [1.29, 1.82) is 0 Å². The molecule has 1 aliphatic heterocycles. The molecule has 0 spiro atoms. The number of hydrogen-bond donors (Lipinski definition) is 1. The third-order valence-corrected chi connectivity index (χ3v) is 4.28.